The van der Waals surface area contributed by atoms with E-state index in [-0.39, 0.29) is 11.4 Å². The summed E-state index contributed by atoms with van der Waals surface area (Å²) in [6, 6.07) is 4.62. The summed E-state index contributed by atoms with van der Waals surface area (Å²) in [4.78, 5) is 2.45. The summed E-state index contributed by atoms with van der Waals surface area (Å²) in [7, 11) is 0. The molecule has 19 heavy (non-hydrogen) atoms. The van der Waals surface area contributed by atoms with Crippen molar-refractivity contribution in [1.82, 2.24) is 10.2 Å². The predicted octanol–water partition coefficient (Wildman–Crippen LogP) is 3.44. The zero-order valence-electron chi connectivity index (χ0n) is 11.7. The Morgan fingerprint density at radius 3 is 2.79 bits per heavy atom. The van der Waals surface area contributed by atoms with Gasteiger partial charge in [0.15, 0.2) is 0 Å². The Morgan fingerprint density at radius 1 is 1.37 bits per heavy atom. The van der Waals surface area contributed by atoms with Crippen LogP contribution < -0.4 is 5.32 Å². The van der Waals surface area contributed by atoms with Gasteiger partial charge in [0.1, 0.15) is 5.82 Å². The highest BCUT2D eigenvalue weighted by Crippen LogP contribution is 2.29. The van der Waals surface area contributed by atoms with Gasteiger partial charge in [0, 0.05) is 36.7 Å². The molecule has 1 heterocycles. The second kappa shape index (κ2) is 6.21. The largest absolute Gasteiger partial charge is 0.314 e. The van der Waals surface area contributed by atoms with Crippen molar-refractivity contribution < 1.29 is 4.39 Å². The Hall–Kier alpha value is -0.640. The Balaban J connectivity index is 2.22. The van der Waals surface area contributed by atoms with E-state index in [1.807, 2.05) is 0 Å². The molecule has 0 aliphatic carbocycles. The van der Waals surface area contributed by atoms with Crippen LogP contribution in [0.15, 0.2) is 18.2 Å². The van der Waals surface area contributed by atoms with Crippen molar-refractivity contribution in [2.24, 2.45) is 0 Å². The van der Waals surface area contributed by atoms with Gasteiger partial charge in [-0.3, -0.25) is 4.90 Å². The normalized spacial score (nSPS) is 19.6. The number of hydrogen-bond donors (Lipinski definition) is 1. The van der Waals surface area contributed by atoms with E-state index in [9.17, 15) is 4.39 Å². The van der Waals surface area contributed by atoms with Crippen molar-refractivity contribution in [3.63, 3.8) is 0 Å². The van der Waals surface area contributed by atoms with Crippen molar-refractivity contribution in [2.75, 3.05) is 19.6 Å². The highest BCUT2D eigenvalue weighted by Gasteiger charge is 2.35. The molecule has 1 aliphatic rings. The van der Waals surface area contributed by atoms with Gasteiger partial charge in [-0.1, -0.05) is 25.4 Å². The average Bonchev–Trinajstić information content (AvgIpc) is 2.44. The molecule has 0 unspecified atom stereocenters. The third-order valence-electron chi connectivity index (χ3n) is 4.37. The molecule has 4 heteroatoms. The van der Waals surface area contributed by atoms with Crippen LogP contribution in [0.2, 0.25) is 5.02 Å². The first-order valence-corrected chi connectivity index (χ1v) is 7.39. The molecule has 0 saturated carbocycles. The molecule has 1 aliphatic heterocycles. The molecule has 0 atom stereocenters. The lowest BCUT2D eigenvalue weighted by Gasteiger charge is -2.47. The number of rotatable bonds is 4. The quantitative estimate of drug-likeness (QED) is 0.911. The lowest BCUT2D eigenvalue weighted by Crippen LogP contribution is -2.60. The SMILES string of the molecule is CCC1(CC)CNCCN1Cc1cc(F)ccc1Cl. The standard InChI is InChI=1S/C15H22ClFN2/c1-3-15(4-2)11-18-7-8-19(15)10-12-9-13(17)5-6-14(12)16/h5-6,9,18H,3-4,7-8,10-11H2,1-2H3. The van der Waals surface area contributed by atoms with Gasteiger partial charge >= 0.3 is 0 Å². The van der Waals surface area contributed by atoms with Gasteiger partial charge in [-0.15, -0.1) is 0 Å². The molecule has 0 bridgehead atoms. The van der Waals surface area contributed by atoms with E-state index in [1.54, 1.807) is 12.1 Å². The molecular weight excluding hydrogens is 263 g/mol. The van der Waals surface area contributed by atoms with Crippen LogP contribution >= 0.6 is 11.6 Å². The second-order valence-corrected chi connectivity index (χ2v) is 5.67. The first-order chi connectivity index (χ1) is 9.11. The highest BCUT2D eigenvalue weighted by molar-refractivity contribution is 6.31. The number of benzene rings is 1. The minimum atomic E-state index is -0.215. The van der Waals surface area contributed by atoms with Gasteiger partial charge in [-0.2, -0.15) is 0 Å². The third-order valence-corrected chi connectivity index (χ3v) is 4.74. The number of halogens is 2. The molecule has 1 N–H and O–H groups in total. The maximum atomic E-state index is 13.4. The number of hydrogen-bond acceptors (Lipinski definition) is 2. The molecule has 1 aromatic carbocycles. The molecule has 2 nitrogen and oxygen atoms in total. The summed E-state index contributed by atoms with van der Waals surface area (Å²) in [6.07, 6.45) is 2.17. The van der Waals surface area contributed by atoms with E-state index in [0.29, 0.717) is 5.02 Å². The van der Waals surface area contributed by atoms with E-state index in [2.05, 4.69) is 24.1 Å². The summed E-state index contributed by atoms with van der Waals surface area (Å²) >= 11 is 6.19. The molecule has 0 radical (unpaired) electrons. The van der Waals surface area contributed by atoms with E-state index in [1.165, 1.54) is 6.07 Å². The summed E-state index contributed by atoms with van der Waals surface area (Å²) < 4.78 is 13.4. The fourth-order valence-electron chi connectivity index (χ4n) is 2.95. The zero-order valence-corrected chi connectivity index (χ0v) is 12.4. The lowest BCUT2D eigenvalue weighted by molar-refractivity contribution is 0.0447. The number of nitrogens with one attached hydrogen (secondary N) is 1. The second-order valence-electron chi connectivity index (χ2n) is 5.27. The summed E-state index contributed by atoms with van der Waals surface area (Å²) in [5.41, 5.74) is 1.04. The van der Waals surface area contributed by atoms with Crippen molar-refractivity contribution in [3.05, 3.63) is 34.6 Å². The van der Waals surface area contributed by atoms with E-state index < -0.39 is 0 Å². The molecular formula is C15H22ClFN2. The van der Waals surface area contributed by atoms with Gasteiger partial charge in [0.2, 0.25) is 0 Å². The van der Waals surface area contributed by atoms with Crippen LogP contribution in [-0.4, -0.2) is 30.1 Å². The van der Waals surface area contributed by atoms with E-state index in [4.69, 9.17) is 11.6 Å². The Labute approximate surface area is 119 Å². The van der Waals surface area contributed by atoms with Crippen LogP contribution in [-0.2, 0) is 6.54 Å². The van der Waals surface area contributed by atoms with E-state index in [0.717, 1.165) is 44.6 Å². The molecule has 1 fully saturated rings. The highest BCUT2D eigenvalue weighted by atomic mass is 35.5. The molecule has 0 aromatic heterocycles. The lowest BCUT2D eigenvalue weighted by atomic mass is 9.88. The fourth-order valence-corrected chi connectivity index (χ4v) is 3.13. The molecule has 106 valence electrons. The Bertz CT molecular complexity index is 432. The summed E-state index contributed by atoms with van der Waals surface area (Å²) in [5.74, 6) is -0.215. The molecule has 0 spiro atoms. The smallest absolute Gasteiger partial charge is 0.123 e. The monoisotopic (exact) mass is 284 g/mol. The van der Waals surface area contributed by atoms with Crippen LogP contribution in [0.1, 0.15) is 32.3 Å². The first kappa shape index (κ1) is 14.8. The summed E-state index contributed by atoms with van der Waals surface area (Å²) in [5, 5.41) is 4.12. The van der Waals surface area contributed by atoms with Crippen LogP contribution in [0.4, 0.5) is 4.39 Å². The van der Waals surface area contributed by atoms with Gasteiger partial charge in [-0.25, -0.2) is 4.39 Å². The van der Waals surface area contributed by atoms with Crippen LogP contribution in [0, 0.1) is 5.82 Å². The molecule has 0 amide bonds. The zero-order chi connectivity index (χ0) is 13.9. The van der Waals surface area contributed by atoms with Gasteiger partial charge in [0.05, 0.1) is 0 Å². The van der Waals surface area contributed by atoms with Gasteiger partial charge < -0.3 is 5.32 Å². The minimum absolute atomic E-state index is 0.161. The topological polar surface area (TPSA) is 15.3 Å². The molecule has 1 aromatic rings. The number of piperazine rings is 1. The number of nitrogens with zero attached hydrogens (tertiary/aromatic N) is 1. The molecule has 2 rings (SSSR count). The minimum Gasteiger partial charge on any atom is -0.314 e. The maximum Gasteiger partial charge on any atom is 0.123 e. The van der Waals surface area contributed by atoms with Crippen LogP contribution in [0.25, 0.3) is 0 Å². The van der Waals surface area contributed by atoms with Gasteiger partial charge in [0.25, 0.3) is 0 Å². The fraction of sp³-hybridized carbons (Fsp3) is 0.600. The van der Waals surface area contributed by atoms with Crippen molar-refractivity contribution in [2.45, 2.75) is 38.8 Å². The van der Waals surface area contributed by atoms with Crippen LogP contribution in [0.5, 0.6) is 0 Å². The Kier molecular flexibility index (Phi) is 4.82. The van der Waals surface area contributed by atoms with E-state index >= 15 is 0 Å². The van der Waals surface area contributed by atoms with Crippen molar-refractivity contribution in [3.8, 4) is 0 Å². The third kappa shape index (κ3) is 3.10. The maximum absolute atomic E-state index is 13.4. The van der Waals surface area contributed by atoms with Crippen LogP contribution in [0.3, 0.4) is 0 Å². The first-order valence-electron chi connectivity index (χ1n) is 7.01. The Morgan fingerprint density at radius 2 is 2.11 bits per heavy atom. The average molecular weight is 285 g/mol. The molecule has 1 saturated heterocycles. The van der Waals surface area contributed by atoms with Crippen molar-refractivity contribution >= 4 is 11.6 Å². The summed E-state index contributed by atoms with van der Waals surface area (Å²) in [6.45, 7) is 8.11. The predicted molar refractivity (Wildman–Crippen MR) is 78.0 cm³/mol. The van der Waals surface area contributed by atoms with Crippen molar-refractivity contribution in [1.29, 1.82) is 0 Å². The van der Waals surface area contributed by atoms with Gasteiger partial charge in [-0.05, 0) is 36.6 Å².